The van der Waals surface area contributed by atoms with Crippen LogP contribution in [0.4, 0.5) is 8.78 Å². The molecular formula is C14H10F2O2. The van der Waals surface area contributed by atoms with Crippen LogP contribution in [0.5, 0.6) is 5.75 Å². The lowest BCUT2D eigenvalue weighted by atomic mass is 10.1. The predicted molar refractivity (Wildman–Crippen MR) is 62.6 cm³/mol. The van der Waals surface area contributed by atoms with Gasteiger partial charge in [0.2, 0.25) is 5.82 Å². The summed E-state index contributed by atoms with van der Waals surface area (Å²) < 4.78 is 31.1. The molecule has 0 N–H and O–H groups in total. The van der Waals surface area contributed by atoms with E-state index in [1.807, 2.05) is 0 Å². The van der Waals surface area contributed by atoms with Crippen molar-refractivity contribution >= 4 is 5.78 Å². The first kappa shape index (κ1) is 12.2. The first-order chi connectivity index (χ1) is 8.68. The topological polar surface area (TPSA) is 26.3 Å². The van der Waals surface area contributed by atoms with Crippen LogP contribution in [0.2, 0.25) is 0 Å². The van der Waals surface area contributed by atoms with Gasteiger partial charge in [0.1, 0.15) is 0 Å². The van der Waals surface area contributed by atoms with E-state index >= 15 is 0 Å². The van der Waals surface area contributed by atoms with Gasteiger partial charge in [-0.25, -0.2) is 4.39 Å². The van der Waals surface area contributed by atoms with Crippen LogP contribution in [0.1, 0.15) is 10.4 Å². The van der Waals surface area contributed by atoms with Crippen molar-refractivity contribution in [2.24, 2.45) is 0 Å². The zero-order valence-corrected chi connectivity index (χ0v) is 9.40. The van der Waals surface area contributed by atoms with E-state index < -0.39 is 11.6 Å². The van der Waals surface area contributed by atoms with Crippen LogP contribution in [-0.2, 0) is 0 Å². The standard InChI is InChI=1S/C14H10F2O2/c15-11-7-4-8-13(14(11)16)18-9-12(17)10-5-2-1-3-6-10/h1-8H,9H2. The average molecular weight is 248 g/mol. The highest BCUT2D eigenvalue weighted by Gasteiger charge is 2.11. The van der Waals surface area contributed by atoms with E-state index in [2.05, 4.69) is 0 Å². The molecule has 92 valence electrons. The Balaban J connectivity index is 2.04. The summed E-state index contributed by atoms with van der Waals surface area (Å²) in [6.45, 7) is -0.329. The van der Waals surface area contributed by atoms with Gasteiger partial charge in [-0.1, -0.05) is 36.4 Å². The van der Waals surface area contributed by atoms with Crippen molar-refractivity contribution in [3.63, 3.8) is 0 Å². The molecule has 0 fully saturated rings. The van der Waals surface area contributed by atoms with Crippen molar-refractivity contribution in [3.05, 3.63) is 65.7 Å². The molecular weight excluding hydrogens is 238 g/mol. The molecule has 0 aliphatic carbocycles. The molecule has 2 rings (SSSR count). The van der Waals surface area contributed by atoms with E-state index in [1.54, 1.807) is 30.3 Å². The minimum absolute atomic E-state index is 0.265. The molecule has 2 aromatic carbocycles. The van der Waals surface area contributed by atoms with Gasteiger partial charge in [-0.2, -0.15) is 4.39 Å². The summed E-state index contributed by atoms with van der Waals surface area (Å²) in [5.74, 6) is -2.64. The fraction of sp³-hybridized carbons (Fsp3) is 0.0714. The van der Waals surface area contributed by atoms with Crippen LogP contribution < -0.4 is 4.74 Å². The first-order valence-corrected chi connectivity index (χ1v) is 5.33. The zero-order chi connectivity index (χ0) is 13.0. The van der Waals surface area contributed by atoms with Gasteiger partial charge in [0.25, 0.3) is 0 Å². The molecule has 0 saturated heterocycles. The number of carbonyl (C=O) groups is 1. The molecule has 0 aliphatic heterocycles. The molecule has 0 radical (unpaired) electrons. The normalized spacial score (nSPS) is 10.1. The van der Waals surface area contributed by atoms with E-state index in [4.69, 9.17) is 4.74 Å². The third kappa shape index (κ3) is 2.71. The maximum atomic E-state index is 13.2. The Morgan fingerprint density at radius 2 is 1.72 bits per heavy atom. The Labute approximate surface area is 103 Å². The van der Waals surface area contributed by atoms with Gasteiger partial charge in [0, 0.05) is 5.56 Å². The van der Waals surface area contributed by atoms with E-state index in [1.165, 1.54) is 12.1 Å². The molecule has 0 spiro atoms. The van der Waals surface area contributed by atoms with Crippen molar-refractivity contribution in [3.8, 4) is 5.75 Å². The molecule has 0 amide bonds. The average Bonchev–Trinajstić information content (AvgIpc) is 2.41. The maximum Gasteiger partial charge on any atom is 0.200 e. The van der Waals surface area contributed by atoms with E-state index in [0.717, 1.165) is 6.07 Å². The lowest BCUT2D eigenvalue weighted by Crippen LogP contribution is -2.12. The van der Waals surface area contributed by atoms with Crippen molar-refractivity contribution in [2.45, 2.75) is 0 Å². The van der Waals surface area contributed by atoms with Crippen LogP contribution in [0.3, 0.4) is 0 Å². The van der Waals surface area contributed by atoms with Gasteiger partial charge in [-0.3, -0.25) is 4.79 Å². The molecule has 0 aliphatic rings. The van der Waals surface area contributed by atoms with Crippen LogP contribution >= 0.6 is 0 Å². The number of hydrogen-bond acceptors (Lipinski definition) is 2. The third-order valence-electron chi connectivity index (χ3n) is 2.37. The van der Waals surface area contributed by atoms with Crippen LogP contribution in [0.25, 0.3) is 0 Å². The second-order valence-corrected chi connectivity index (χ2v) is 3.63. The number of ether oxygens (including phenoxy) is 1. The number of hydrogen-bond donors (Lipinski definition) is 0. The van der Waals surface area contributed by atoms with Crippen molar-refractivity contribution in [2.75, 3.05) is 6.61 Å². The van der Waals surface area contributed by atoms with E-state index in [9.17, 15) is 13.6 Å². The number of ketones is 1. The summed E-state index contributed by atoms with van der Waals surface area (Å²) in [4.78, 5) is 11.7. The summed E-state index contributed by atoms with van der Waals surface area (Å²) >= 11 is 0. The highest BCUT2D eigenvalue weighted by atomic mass is 19.2. The van der Waals surface area contributed by atoms with Gasteiger partial charge in [-0.05, 0) is 12.1 Å². The Bertz CT molecular complexity index is 553. The third-order valence-corrected chi connectivity index (χ3v) is 2.37. The lowest BCUT2D eigenvalue weighted by molar-refractivity contribution is 0.0918. The molecule has 0 atom stereocenters. The van der Waals surface area contributed by atoms with Gasteiger partial charge in [-0.15, -0.1) is 0 Å². The number of benzene rings is 2. The molecule has 18 heavy (non-hydrogen) atoms. The summed E-state index contributed by atoms with van der Waals surface area (Å²) in [7, 11) is 0. The fourth-order valence-electron chi connectivity index (χ4n) is 1.45. The summed E-state index contributed by atoms with van der Waals surface area (Å²) in [6, 6.07) is 12.1. The van der Waals surface area contributed by atoms with Gasteiger partial charge in [0.05, 0.1) is 0 Å². The van der Waals surface area contributed by atoms with Crippen LogP contribution in [0, 0.1) is 11.6 Å². The SMILES string of the molecule is O=C(COc1cccc(F)c1F)c1ccccc1. The highest BCUT2D eigenvalue weighted by Crippen LogP contribution is 2.19. The fourth-order valence-corrected chi connectivity index (χ4v) is 1.45. The largest absolute Gasteiger partial charge is 0.482 e. The van der Waals surface area contributed by atoms with Gasteiger partial charge in [0.15, 0.2) is 24.0 Å². The number of Topliss-reactive ketones (excluding diaryl/α,β-unsaturated/α-hetero) is 1. The van der Waals surface area contributed by atoms with Crippen LogP contribution in [0.15, 0.2) is 48.5 Å². The predicted octanol–water partition coefficient (Wildman–Crippen LogP) is 3.23. The summed E-state index contributed by atoms with van der Waals surface area (Å²) in [5.41, 5.74) is 0.467. The second kappa shape index (κ2) is 5.40. The van der Waals surface area contributed by atoms with Crippen molar-refractivity contribution in [1.29, 1.82) is 0 Å². The maximum absolute atomic E-state index is 13.2. The zero-order valence-electron chi connectivity index (χ0n) is 9.40. The molecule has 0 unspecified atom stereocenters. The molecule has 0 bridgehead atoms. The minimum atomic E-state index is -1.08. The number of carbonyl (C=O) groups excluding carboxylic acids is 1. The monoisotopic (exact) mass is 248 g/mol. The smallest absolute Gasteiger partial charge is 0.200 e. The lowest BCUT2D eigenvalue weighted by Gasteiger charge is -2.06. The quantitative estimate of drug-likeness (QED) is 0.776. The van der Waals surface area contributed by atoms with Crippen molar-refractivity contribution < 1.29 is 18.3 Å². The van der Waals surface area contributed by atoms with Crippen molar-refractivity contribution in [1.82, 2.24) is 0 Å². The molecule has 2 nitrogen and oxygen atoms in total. The molecule has 2 aromatic rings. The summed E-state index contributed by atoms with van der Waals surface area (Å²) in [5, 5.41) is 0. The van der Waals surface area contributed by atoms with E-state index in [0.29, 0.717) is 5.56 Å². The first-order valence-electron chi connectivity index (χ1n) is 5.33. The molecule has 4 heteroatoms. The number of rotatable bonds is 4. The Kier molecular flexibility index (Phi) is 3.67. The summed E-state index contributed by atoms with van der Waals surface area (Å²) in [6.07, 6.45) is 0. The second-order valence-electron chi connectivity index (χ2n) is 3.63. The molecule has 0 aromatic heterocycles. The minimum Gasteiger partial charge on any atom is -0.482 e. The Morgan fingerprint density at radius 1 is 1.00 bits per heavy atom. The van der Waals surface area contributed by atoms with E-state index in [-0.39, 0.29) is 18.1 Å². The Morgan fingerprint density at radius 3 is 2.44 bits per heavy atom. The van der Waals surface area contributed by atoms with Gasteiger partial charge < -0.3 is 4.74 Å². The number of halogens is 2. The molecule has 0 heterocycles. The van der Waals surface area contributed by atoms with Crippen LogP contribution in [-0.4, -0.2) is 12.4 Å². The molecule has 0 saturated carbocycles. The van der Waals surface area contributed by atoms with Gasteiger partial charge >= 0.3 is 0 Å². The highest BCUT2D eigenvalue weighted by molar-refractivity contribution is 5.97. The Hall–Kier alpha value is -2.23.